The van der Waals surface area contributed by atoms with Gasteiger partial charge in [-0.05, 0) is 31.4 Å². The number of carbonyl (C=O) groups is 1. The van der Waals surface area contributed by atoms with Crippen LogP contribution in [0.15, 0.2) is 12.1 Å². The fourth-order valence-electron chi connectivity index (χ4n) is 1.68. The van der Waals surface area contributed by atoms with Crippen LogP contribution in [-0.4, -0.2) is 40.4 Å². The summed E-state index contributed by atoms with van der Waals surface area (Å²) < 4.78 is 0. The number of aliphatic hydroxyl groups excluding tert-OH is 1. The van der Waals surface area contributed by atoms with Crippen molar-refractivity contribution < 1.29 is 9.90 Å². The summed E-state index contributed by atoms with van der Waals surface area (Å²) in [6.07, 6.45) is 0.650. The van der Waals surface area contributed by atoms with Gasteiger partial charge in [-0.2, -0.15) is 0 Å². The zero-order valence-electron chi connectivity index (χ0n) is 11.7. The van der Waals surface area contributed by atoms with Crippen molar-refractivity contribution in [3.05, 3.63) is 17.8 Å². The van der Waals surface area contributed by atoms with Crippen molar-refractivity contribution in [3.63, 3.8) is 0 Å². The summed E-state index contributed by atoms with van der Waals surface area (Å²) in [5.74, 6) is 0.759. The van der Waals surface area contributed by atoms with Crippen LogP contribution in [-0.2, 0) is 0 Å². The monoisotopic (exact) mass is 266 g/mol. The van der Waals surface area contributed by atoms with Gasteiger partial charge >= 0.3 is 0 Å². The predicted octanol–water partition coefficient (Wildman–Crippen LogP) is 1.05. The molecule has 1 amide bonds. The molecule has 0 saturated heterocycles. The topological polar surface area (TPSA) is 87.1 Å². The Hall–Kier alpha value is -1.69. The van der Waals surface area contributed by atoms with Gasteiger partial charge in [0.05, 0.1) is 0 Å². The van der Waals surface area contributed by atoms with Crippen LogP contribution in [0.1, 0.15) is 37.7 Å². The fraction of sp³-hybridized carbons (Fsp3) is 0.615. The van der Waals surface area contributed by atoms with Crippen LogP contribution in [0.2, 0.25) is 0 Å². The van der Waals surface area contributed by atoms with Crippen molar-refractivity contribution in [2.75, 3.05) is 18.5 Å². The van der Waals surface area contributed by atoms with Gasteiger partial charge in [0.15, 0.2) is 5.69 Å². The molecule has 0 aromatic carbocycles. The third-order valence-corrected chi connectivity index (χ3v) is 2.81. The smallest absolute Gasteiger partial charge is 0.271 e. The number of hydrogen-bond acceptors (Lipinski definition) is 5. The lowest BCUT2D eigenvalue weighted by atomic mass is 10.0. The molecule has 3 N–H and O–H groups in total. The van der Waals surface area contributed by atoms with Crippen LogP contribution >= 0.6 is 0 Å². The van der Waals surface area contributed by atoms with Gasteiger partial charge in [-0.15, -0.1) is 10.2 Å². The highest BCUT2D eigenvalue weighted by atomic mass is 16.3. The van der Waals surface area contributed by atoms with Gasteiger partial charge in [0.1, 0.15) is 5.82 Å². The fourth-order valence-corrected chi connectivity index (χ4v) is 1.68. The molecule has 0 aliphatic heterocycles. The molecule has 1 atom stereocenters. The highest BCUT2D eigenvalue weighted by molar-refractivity contribution is 5.92. The van der Waals surface area contributed by atoms with Crippen LogP contribution in [0.3, 0.4) is 0 Å². The molecule has 0 fully saturated rings. The predicted molar refractivity (Wildman–Crippen MR) is 74.0 cm³/mol. The lowest BCUT2D eigenvalue weighted by molar-refractivity contribution is 0.0950. The maximum atomic E-state index is 11.5. The first-order chi connectivity index (χ1) is 9.08. The van der Waals surface area contributed by atoms with Gasteiger partial charge in [0.2, 0.25) is 0 Å². The minimum atomic E-state index is -0.225. The second kappa shape index (κ2) is 7.68. The number of aliphatic hydroxyl groups is 1. The van der Waals surface area contributed by atoms with Gasteiger partial charge in [0.25, 0.3) is 5.91 Å². The normalized spacial score (nSPS) is 12.3. The first-order valence-electron chi connectivity index (χ1n) is 6.57. The molecule has 0 bridgehead atoms. The Balaban J connectivity index is 2.67. The summed E-state index contributed by atoms with van der Waals surface area (Å²) in [7, 11) is 0. The molecule has 19 heavy (non-hydrogen) atoms. The van der Waals surface area contributed by atoms with Crippen LogP contribution in [0, 0.1) is 5.92 Å². The summed E-state index contributed by atoms with van der Waals surface area (Å²) in [6.45, 7) is 6.68. The summed E-state index contributed by atoms with van der Waals surface area (Å²) in [4.78, 5) is 11.5. The molecular weight excluding hydrogens is 244 g/mol. The van der Waals surface area contributed by atoms with Gasteiger partial charge in [-0.25, -0.2) is 0 Å². The van der Waals surface area contributed by atoms with Crippen LogP contribution in [0.25, 0.3) is 0 Å². The average Bonchev–Trinajstić information content (AvgIpc) is 2.39. The SMILES string of the molecule is CCNC(=O)c1ccc(NC(CCO)C(C)C)nn1. The Bertz CT molecular complexity index is 392. The van der Waals surface area contributed by atoms with Crippen LogP contribution in [0.4, 0.5) is 5.82 Å². The molecule has 1 aromatic rings. The molecule has 106 valence electrons. The number of carbonyl (C=O) groups excluding carboxylic acids is 1. The van der Waals surface area contributed by atoms with E-state index in [0.717, 1.165) is 0 Å². The maximum absolute atomic E-state index is 11.5. The van der Waals surface area contributed by atoms with E-state index in [1.54, 1.807) is 12.1 Å². The summed E-state index contributed by atoms with van der Waals surface area (Å²) in [5.41, 5.74) is 0.302. The van der Waals surface area contributed by atoms with E-state index in [1.807, 2.05) is 6.92 Å². The molecule has 1 rings (SSSR count). The standard InChI is InChI=1S/C13H22N4O2/c1-4-14-13(19)11-5-6-12(17-16-11)15-10(7-8-18)9(2)3/h5-6,9-10,18H,4,7-8H2,1-3H3,(H,14,19)(H,15,17). The van der Waals surface area contributed by atoms with E-state index in [-0.39, 0.29) is 18.6 Å². The van der Waals surface area contributed by atoms with Gasteiger partial charge in [0, 0.05) is 19.2 Å². The number of amides is 1. The molecule has 6 nitrogen and oxygen atoms in total. The Labute approximate surface area is 113 Å². The van der Waals surface area contributed by atoms with Crippen molar-refractivity contribution >= 4 is 11.7 Å². The highest BCUT2D eigenvalue weighted by Gasteiger charge is 2.14. The molecule has 1 unspecified atom stereocenters. The third kappa shape index (κ3) is 4.82. The quantitative estimate of drug-likeness (QED) is 0.686. The number of hydrogen-bond donors (Lipinski definition) is 3. The Morgan fingerprint density at radius 1 is 1.37 bits per heavy atom. The van der Waals surface area contributed by atoms with E-state index >= 15 is 0 Å². The summed E-state index contributed by atoms with van der Waals surface area (Å²) >= 11 is 0. The van der Waals surface area contributed by atoms with Crippen molar-refractivity contribution in [3.8, 4) is 0 Å². The highest BCUT2D eigenvalue weighted by Crippen LogP contribution is 2.12. The average molecular weight is 266 g/mol. The van der Waals surface area contributed by atoms with Crippen molar-refractivity contribution in [2.24, 2.45) is 5.92 Å². The van der Waals surface area contributed by atoms with E-state index in [4.69, 9.17) is 5.11 Å². The number of anilines is 1. The van der Waals surface area contributed by atoms with Gasteiger partial charge in [-0.3, -0.25) is 4.79 Å². The summed E-state index contributed by atoms with van der Waals surface area (Å²) in [5, 5.41) is 22.8. The zero-order chi connectivity index (χ0) is 14.3. The molecule has 0 aliphatic carbocycles. The molecule has 0 spiro atoms. The maximum Gasteiger partial charge on any atom is 0.271 e. The Kier molecular flexibility index (Phi) is 6.21. The Morgan fingerprint density at radius 3 is 2.58 bits per heavy atom. The molecule has 1 heterocycles. The largest absolute Gasteiger partial charge is 0.396 e. The molecular formula is C13H22N4O2. The van der Waals surface area contributed by atoms with Gasteiger partial charge in [-0.1, -0.05) is 13.8 Å². The number of nitrogens with zero attached hydrogens (tertiary/aromatic N) is 2. The number of rotatable bonds is 7. The molecule has 1 aromatic heterocycles. The molecule has 0 aliphatic rings. The van der Waals surface area contributed by atoms with Crippen LogP contribution in [0.5, 0.6) is 0 Å². The lowest BCUT2D eigenvalue weighted by Crippen LogP contribution is -2.28. The Morgan fingerprint density at radius 2 is 2.11 bits per heavy atom. The number of aromatic nitrogens is 2. The van der Waals surface area contributed by atoms with E-state index in [9.17, 15) is 4.79 Å². The molecule has 6 heteroatoms. The first kappa shape index (κ1) is 15.4. The van der Waals surface area contributed by atoms with E-state index in [2.05, 4.69) is 34.7 Å². The lowest BCUT2D eigenvalue weighted by Gasteiger charge is -2.21. The minimum Gasteiger partial charge on any atom is -0.396 e. The van der Waals surface area contributed by atoms with E-state index < -0.39 is 0 Å². The van der Waals surface area contributed by atoms with Crippen LogP contribution < -0.4 is 10.6 Å². The van der Waals surface area contributed by atoms with Gasteiger partial charge < -0.3 is 15.7 Å². The van der Waals surface area contributed by atoms with Crippen molar-refractivity contribution in [1.29, 1.82) is 0 Å². The van der Waals surface area contributed by atoms with Crippen molar-refractivity contribution in [1.82, 2.24) is 15.5 Å². The van der Waals surface area contributed by atoms with Crippen molar-refractivity contribution in [2.45, 2.75) is 33.2 Å². The minimum absolute atomic E-state index is 0.125. The molecule has 0 radical (unpaired) electrons. The zero-order valence-corrected chi connectivity index (χ0v) is 11.7. The second-order valence-corrected chi connectivity index (χ2v) is 4.67. The third-order valence-electron chi connectivity index (χ3n) is 2.81. The van der Waals surface area contributed by atoms with E-state index in [0.29, 0.717) is 30.4 Å². The first-order valence-corrected chi connectivity index (χ1v) is 6.57. The van der Waals surface area contributed by atoms with E-state index in [1.165, 1.54) is 0 Å². The summed E-state index contributed by atoms with van der Waals surface area (Å²) in [6, 6.07) is 3.50. The second-order valence-electron chi connectivity index (χ2n) is 4.67. The number of nitrogens with one attached hydrogen (secondary N) is 2. The molecule has 0 saturated carbocycles.